The number of nitro groups is 1. The Balaban J connectivity index is 2.55. The maximum atomic E-state index is 11.6. The highest BCUT2D eigenvalue weighted by molar-refractivity contribution is 5.95. The van der Waals surface area contributed by atoms with Crippen LogP contribution < -0.4 is 11.1 Å². The summed E-state index contributed by atoms with van der Waals surface area (Å²) in [5.74, 6) is 0.255. The number of imidazole rings is 1. The maximum Gasteiger partial charge on any atom is 0.294 e. The number of carbonyl (C=O) groups excluding carboxylic acids is 1. The monoisotopic (exact) mass is 289 g/mol. The molecule has 0 aliphatic heterocycles. The standard InChI is InChI=1S/C13H15N5O3/c1-15-13(19)9-2-3-10(11(8-9)18(20)21)17-7-6-16-12(17)4-5-14/h2-3,6-8H,4-5,14H2,1H3,(H,15,19). The van der Waals surface area contributed by atoms with E-state index >= 15 is 0 Å². The van der Waals surface area contributed by atoms with E-state index in [9.17, 15) is 14.9 Å². The Morgan fingerprint density at radius 1 is 1.52 bits per heavy atom. The first kappa shape index (κ1) is 14.7. The molecule has 0 saturated heterocycles. The number of rotatable bonds is 5. The molecular formula is C13H15N5O3. The SMILES string of the molecule is CNC(=O)c1ccc(-n2ccnc2CCN)c([N+](=O)[O-])c1. The van der Waals surface area contributed by atoms with E-state index in [1.54, 1.807) is 17.0 Å². The second-order valence-electron chi connectivity index (χ2n) is 4.29. The fourth-order valence-corrected chi connectivity index (χ4v) is 2.03. The summed E-state index contributed by atoms with van der Waals surface area (Å²) < 4.78 is 1.61. The maximum absolute atomic E-state index is 11.6. The van der Waals surface area contributed by atoms with Crippen LogP contribution in [-0.4, -0.2) is 34.0 Å². The van der Waals surface area contributed by atoms with Gasteiger partial charge in [-0.05, 0) is 18.7 Å². The zero-order chi connectivity index (χ0) is 15.4. The van der Waals surface area contributed by atoms with Gasteiger partial charge in [0.05, 0.1) is 4.92 Å². The number of amides is 1. The lowest BCUT2D eigenvalue weighted by Crippen LogP contribution is -2.18. The Labute approximate surface area is 120 Å². The minimum atomic E-state index is -0.520. The summed E-state index contributed by atoms with van der Waals surface area (Å²) in [6.07, 6.45) is 3.69. The second kappa shape index (κ2) is 6.14. The number of nitrogens with two attached hydrogens (primary N) is 1. The molecule has 0 aliphatic carbocycles. The van der Waals surface area contributed by atoms with Gasteiger partial charge in [-0.15, -0.1) is 0 Å². The molecule has 110 valence electrons. The number of nitrogens with zero attached hydrogens (tertiary/aromatic N) is 3. The van der Waals surface area contributed by atoms with Gasteiger partial charge in [-0.1, -0.05) is 0 Å². The molecule has 0 spiro atoms. The van der Waals surface area contributed by atoms with Crippen molar-refractivity contribution in [1.82, 2.24) is 14.9 Å². The van der Waals surface area contributed by atoms with Gasteiger partial charge < -0.3 is 11.1 Å². The summed E-state index contributed by atoms with van der Waals surface area (Å²) >= 11 is 0. The van der Waals surface area contributed by atoms with Crippen LogP contribution in [0.15, 0.2) is 30.6 Å². The van der Waals surface area contributed by atoms with Crippen molar-refractivity contribution in [2.75, 3.05) is 13.6 Å². The molecule has 21 heavy (non-hydrogen) atoms. The molecule has 0 bridgehead atoms. The molecule has 1 heterocycles. The number of benzene rings is 1. The lowest BCUT2D eigenvalue weighted by Gasteiger charge is -2.09. The van der Waals surface area contributed by atoms with E-state index in [1.165, 1.54) is 25.2 Å². The summed E-state index contributed by atoms with van der Waals surface area (Å²) in [5.41, 5.74) is 5.93. The molecule has 2 aromatic rings. The van der Waals surface area contributed by atoms with Crippen LogP contribution in [-0.2, 0) is 6.42 Å². The lowest BCUT2D eigenvalue weighted by atomic mass is 10.1. The molecule has 0 fully saturated rings. The number of hydrogen-bond acceptors (Lipinski definition) is 5. The highest BCUT2D eigenvalue weighted by Gasteiger charge is 2.20. The van der Waals surface area contributed by atoms with E-state index in [-0.39, 0.29) is 17.2 Å². The Morgan fingerprint density at radius 2 is 2.29 bits per heavy atom. The average molecular weight is 289 g/mol. The van der Waals surface area contributed by atoms with E-state index < -0.39 is 4.92 Å². The predicted octanol–water partition coefficient (Wildman–Crippen LogP) is 0.641. The van der Waals surface area contributed by atoms with Gasteiger partial charge in [-0.25, -0.2) is 4.98 Å². The van der Waals surface area contributed by atoms with Crippen LogP contribution in [0.2, 0.25) is 0 Å². The third-order valence-electron chi connectivity index (χ3n) is 3.01. The first-order valence-corrected chi connectivity index (χ1v) is 6.31. The van der Waals surface area contributed by atoms with Gasteiger partial charge in [0.25, 0.3) is 11.6 Å². The quantitative estimate of drug-likeness (QED) is 0.619. The first-order valence-electron chi connectivity index (χ1n) is 6.31. The normalized spacial score (nSPS) is 10.4. The van der Waals surface area contributed by atoms with Crippen LogP contribution >= 0.6 is 0 Å². The van der Waals surface area contributed by atoms with Crippen molar-refractivity contribution in [2.24, 2.45) is 5.73 Å². The molecule has 1 aromatic heterocycles. The molecular weight excluding hydrogens is 274 g/mol. The van der Waals surface area contributed by atoms with Crippen LogP contribution in [0.3, 0.4) is 0 Å². The summed E-state index contributed by atoms with van der Waals surface area (Å²) in [6, 6.07) is 4.32. The zero-order valence-electron chi connectivity index (χ0n) is 11.4. The Morgan fingerprint density at radius 3 is 2.90 bits per heavy atom. The molecule has 0 radical (unpaired) electrons. The fraction of sp³-hybridized carbons (Fsp3) is 0.231. The van der Waals surface area contributed by atoms with Crippen molar-refractivity contribution in [3.05, 3.63) is 52.1 Å². The summed E-state index contributed by atoms with van der Waals surface area (Å²) in [5, 5.41) is 13.7. The van der Waals surface area contributed by atoms with E-state index in [1.807, 2.05) is 0 Å². The predicted molar refractivity (Wildman–Crippen MR) is 76.4 cm³/mol. The molecule has 0 aliphatic rings. The van der Waals surface area contributed by atoms with E-state index in [0.29, 0.717) is 24.5 Å². The largest absolute Gasteiger partial charge is 0.355 e. The molecule has 3 N–H and O–H groups in total. The second-order valence-corrected chi connectivity index (χ2v) is 4.29. The fourth-order valence-electron chi connectivity index (χ4n) is 2.03. The van der Waals surface area contributed by atoms with E-state index in [0.717, 1.165) is 0 Å². The minimum absolute atomic E-state index is 0.160. The zero-order valence-corrected chi connectivity index (χ0v) is 11.4. The number of aromatic nitrogens is 2. The molecule has 0 unspecified atom stereocenters. The molecule has 1 aromatic carbocycles. The number of nitrogens with one attached hydrogen (secondary N) is 1. The third kappa shape index (κ3) is 2.90. The molecule has 1 amide bonds. The van der Waals surface area contributed by atoms with E-state index in [4.69, 9.17) is 5.73 Å². The van der Waals surface area contributed by atoms with Gasteiger partial charge in [-0.2, -0.15) is 0 Å². The number of nitro benzene ring substituents is 1. The average Bonchev–Trinajstić information content (AvgIpc) is 2.94. The van der Waals surface area contributed by atoms with Gasteiger partial charge in [0.1, 0.15) is 11.5 Å². The van der Waals surface area contributed by atoms with Crippen LogP contribution in [0.4, 0.5) is 5.69 Å². The van der Waals surface area contributed by atoms with Crippen molar-refractivity contribution < 1.29 is 9.72 Å². The van der Waals surface area contributed by atoms with Gasteiger partial charge in [0, 0.05) is 37.5 Å². The topological polar surface area (TPSA) is 116 Å². The lowest BCUT2D eigenvalue weighted by molar-refractivity contribution is -0.384. The van der Waals surface area contributed by atoms with Crippen molar-refractivity contribution in [1.29, 1.82) is 0 Å². The first-order chi connectivity index (χ1) is 10.1. The highest BCUT2D eigenvalue weighted by atomic mass is 16.6. The van der Waals surface area contributed by atoms with Crippen LogP contribution in [0, 0.1) is 10.1 Å². The molecule has 2 rings (SSSR count). The smallest absolute Gasteiger partial charge is 0.294 e. The molecule has 8 heteroatoms. The van der Waals surface area contributed by atoms with Crippen LogP contribution in [0.1, 0.15) is 16.2 Å². The third-order valence-corrected chi connectivity index (χ3v) is 3.01. The number of carbonyl (C=O) groups is 1. The summed E-state index contributed by atoms with van der Waals surface area (Å²) in [4.78, 5) is 26.5. The highest BCUT2D eigenvalue weighted by Crippen LogP contribution is 2.25. The molecule has 0 saturated carbocycles. The Hall–Kier alpha value is -2.74. The van der Waals surface area contributed by atoms with Crippen molar-refractivity contribution in [3.63, 3.8) is 0 Å². The van der Waals surface area contributed by atoms with Crippen LogP contribution in [0.5, 0.6) is 0 Å². The van der Waals surface area contributed by atoms with Gasteiger partial charge in [0.2, 0.25) is 0 Å². The Bertz CT molecular complexity index is 680. The number of hydrogen-bond donors (Lipinski definition) is 2. The molecule has 8 nitrogen and oxygen atoms in total. The van der Waals surface area contributed by atoms with Crippen molar-refractivity contribution in [2.45, 2.75) is 6.42 Å². The summed E-state index contributed by atoms with van der Waals surface area (Å²) in [6.45, 7) is 0.390. The van der Waals surface area contributed by atoms with Crippen molar-refractivity contribution in [3.8, 4) is 5.69 Å². The van der Waals surface area contributed by atoms with Crippen molar-refractivity contribution >= 4 is 11.6 Å². The van der Waals surface area contributed by atoms with Gasteiger partial charge >= 0.3 is 0 Å². The van der Waals surface area contributed by atoms with E-state index in [2.05, 4.69) is 10.3 Å². The van der Waals surface area contributed by atoms with Gasteiger partial charge in [-0.3, -0.25) is 19.5 Å². The van der Waals surface area contributed by atoms with Gasteiger partial charge in [0.15, 0.2) is 0 Å². The van der Waals surface area contributed by atoms with Crippen LogP contribution in [0.25, 0.3) is 5.69 Å². The minimum Gasteiger partial charge on any atom is -0.355 e. The Kier molecular flexibility index (Phi) is 4.29. The summed E-state index contributed by atoms with van der Waals surface area (Å²) in [7, 11) is 1.47. The molecule has 0 atom stereocenters.